The van der Waals surface area contributed by atoms with Crippen molar-refractivity contribution in [2.75, 3.05) is 0 Å². The Bertz CT molecular complexity index is 666. The van der Waals surface area contributed by atoms with Crippen LogP contribution in [0.25, 0.3) is 17.2 Å². The van der Waals surface area contributed by atoms with Crippen molar-refractivity contribution in [1.29, 1.82) is 0 Å². The van der Waals surface area contributed by atoms with Gasteiger partial charge >= 0.3 is 0 Å². The van der Waals surface area contributed by atoms with Gasteiger partial charge in [-0.25, -0.2) is 0 Å². The van der Waals surface area contributed by atoms with Crippen LogP contribution in [-0.2, 0) is 4.79 Å². The fourth-order valence-corrected chi connectivity index (χ4v) is 2.38. The Morgan fingerprint density at radius 3 is 2.48 bits per heavy atom. The summed E-state index contributed by atoms with van der Waals surface area (Å²) in [5.74, 6) is 0.541. The second-order valence-electron chi connectivity index (χ2n) is 5.20. The van der Waals surface area contributed by atoms with Crippen LogP contribution in [0.5, 0.6) is 5.75 Å². The molecule has 2 rings (SSSR count). The molecule has 0 unspecified atom stereocenters. The van der Waals surface area contributed by atoms with Gasteiger partial charge in [0.2, 0.25) is 0 Å². The first-order chi connectivity index (χ1) is 10.1. The van der Waals surface area contributed by atoms with Crippen molar-refractivity contribution in [3.05, 3.63) is 59.9 Å². The summed E-state index contributed by atoms with van der Waals surface area (Å²) in [5, 5.41) is 9.40. The number of benzene rings is 1. The second-order valence-corrected chi connectivity index (χ2v) is 5.20. The van der Waals surface area contributed by atoms with Crippen molar-refractivity contribution in [3.8, 4) is 16.9 Å². The minimum atomic E-state index is 0.246. The molecule has 0 amide bonds. The number of phenolic OH excluding ortho intramolecular Hbond substituents is 1. The van der Waals surface area contributed by atoms with Crippen molar-refractivity contribution >= 4 is 12.4 Å². The van der Waals surface area contributed by atoms with Crippen LogP contribution in [-0.4, -0.2) is 16.4 Å². The molecule has 0 radical (unpaired) electrons. The van der Waals surface area contributed by atoms with Crippen LogP contribution < -0.4 is 0 Å². The molecule has 0 bridgehead atoms. The molecule has 3 nitrogen and oxygen atoms in total. The Hall–Kier alpha value is -2.55. The molecule has 1 aromatic carbocycles. The van der Waals surface area contributed by atoms with E-state index in [9.17, 15) is 9.90 Å². The number of aromatic nitrogens is 1. The number of carbonyl (C=O) groups excluding carboxylic acids is 1. The summed E-state index contributed by atoms with van der Waals surface area (Å²) in [6.45, 7) is 7.86. The third kappa shape index (κ3) is 3.14. The zero-order chi connectivity index (χ0) is 15.4. The van der Waals surface area contributed by atoms with Crippen molar-refractivity contribution < 1.29 is 9.90 Å². The van der Waals surface area contributed by atoms with E-state index in [0.29, 0.717) is 11.5 Å². The van der Waals surface area contributed by atoms with Gasteiger partial charge in [0, 0.05) is 23.0 Å². The second kappa shape index (κ2) is 6.27. The van der Waals surface area contributed by atoms with Crippen molar-refractivity contribution in [1.82, 2.24) is 4.98 Å². The predicted molar refractivity (Wildman–Crippen MR) is 86.2 cm³/mol. The van der Waals surface area contributed by atoms with Crippen LogP contribution in [0.4, 0.5) is 0 Å². The minimum Gasteiger partial charge on any atom is -0.508 e. The molecule has 2 N–H and O–H groups in total. The van der Waals surface area contributed by atoms with Crippen LogP contribution in [0.1, 0.15) is 31.0 Å². The topological polar surface area (TPSA) is 53.1 Å². The Morgan fingerprint density at radius 2 is 1.95 bits per heavy atom. The van der Waals surface area contributed by atoms with Crippen LogP contribution in [0.3, 0.4) is 0 Å². The highest BCUT2D eigenvalue weighted by Gasteiger charge is 2.15. The van der Waals surface area contributed by atoms with Gasteiger partial charge in [-0.3, -0.25) is 4.79 Å². The standard InChI is InChI=1S/C18H19NO2/c1-4-13(11-20)9-17-18(12(2)3)16(10-19-17)14-5-7-15(21)8-6-14/h4-12,19,21H,1H2,2-3H3/b13-9+. The maximum absolute atomic E-state index is 11.0. The zero-order valence-corrected chi connectivity index (χ0v) is 12.3. The molecule has 2 aromatic rings. The van der Waals surface area contributed by atoms with Gasteiger partial charge in [0.1, 0.15) is 12.0 Å². The molecule has 0 atom stereocenters. The molecule has 0 saturated carbocycles. The van der Waals surface area contributed by atoms with Crippen molar-refractivity contribution in [2.45, 2.75) is 19.8 Å². The molecule has 1 heterocycles. The first-order valence-electron chi connectivity index (χ1n) is 6.86. The molecule has 108 valence electrons. The van der Waals surface area contributed by atoms with Gasteiger partial charge in [-0.1, -0.05) is 38.6 Å². The fraction of sp³-hybridized carbons (Fsp3) is 0.167. The van der Waals surface area contributed by atoms with Crippen molar-refractivity contribution in [3.63, 3.8) is 0 Å². The predicted octanol–water partition coefficient (Wildman–Crippen LogP) is 4.28. The van der Waals surface area contributed by atoms with E-state index in [1.807, 2.05) is 18.3 Å². The quantitative estimate of drug-likeness (QED) is 0.488. The normalized spacial score (nSPS) is 11.7. The Kier molecular flexibility index (Phi) is 4.43. The minimum absolute atomic E-state index is 0.246. The Labute approximate surface area is 124 Å². The maximum Gasteiger partial charge on any atom is 0.150 e. The van der Waals surface area contributed by atoms with E-state index < -0.39 is 0 Å². The average Bonchev–Trinajstić information content (AvgIpc) is 2.89. The third-order valence-corrected chi connectivity index (χ3v) is 3.39. The number of hydrogen-bond acceptors (Lipinski definition) is 2. The van der Waals surface area contributed by atoms with Gasteiger partial charge in [0.05, 0.1) is 0 Å². The summed E-state index contributed by atoms with van der Waals surface area (Å²) in [5.41, 5.74) is 4.69. The summed E-state index contributed by atoms with van der Waals surface area (Å²) in [6, 6.07) is 7.10. The van der Waals surface area contributed by atoms with Gasteiger partial charge in [-0.05, 0) is 35.3 Å². The molecule has 0 saturated heterocycles. The van der Waals surface area contributed by atoms with Crippen LogP contribution in [0.15, 0.2) is 48.7 Å². The van der Waals surface area contributed by atoms with E-state index in [2.05, 4.69) is 25.4 Å². The number of aromatic hydroxyl groups is 1. The average molecular weight is 281 g/mol. The molecule has 0 aliphatic rings. The van der Waals surface area contributed by atoms with E-state index in [-0.39, 0.29) is 5.75 Å². The summed E-state index contributed by atoms with van der Waals surface area (Å²) >= 11 is 0. The number of rotatable bonds is 5. The lowest BCUT2D eigenvalue weighted by Crippen LogP contribution is -1.92. The van der Waals surface area contributed by atoms with E-state index in [1.165, 1.54) is 6.08 Å². The SMILES string of the molecule is C=C/C(C=O)=C\c1[nH]cc(-c2ccc(O)cc2)c1C(C)C. The monoisotopic (exact) mass is 281 g/mol. The lowest BCUT2D eigenvalue weighted by molar-refractivity contribution is -0.104. The van der Waals surface area contributed by atoms with E-state index in [0.717, 1.165) is 28.7 Å². The highest BCUT2D eigenvalue weighted by molar-refractivity contribution is 5.86. The number of nitrogens with one attached hydrogen (secondary N) is 1. The molecule has 3 heteroatoms. The van der Waals surface area contributed by atoms with Gasteiger partial charge in [-0.15, -0.1) is 0 Å². The molecule has 0 fully saturated rings. The largest absolute Gasteiger partial charge is 0.508 e. The van der Waals surface area contributed by atoms with Crippen molar-refractivity contribution in [2.24, 2.45) is 0 Å². The van der Waals surface area contributed by atoms with Crippen LogP contribution in [0, 0.1) is 0 Å². The zero-order valence-electron chi connectivity index (χ0n) is 12.3. The Morgan fingerprint density at radius 1 is 1.29 bits per heavy atom. The number of aldehydes is 1. The summed E-state index contributed by atoms with van der Waals surface area (Å²) in [7, 11) is 0. The van der Waals surface area contributed by atoms with Gasteiger partial charge < -0.3 is 10.1 Å². The molecular formula is C18H19NO2. The molecule has 0 aliphatic carbocycles. The third-order valence-electron chi connectivity index (χ3n) is 3.39. The van der Waals surface area contributed by atoms with Crippen LogP contribution in [0.2, 0.25) is 0 Å². The fourth-order valence-electron chi connectivity index (χ4n) is 2.38. The first-order valence-corrected chi connectivity index (χ1v) is 6.86. The number of hydrogen-bond donors (Lipinski definition) is 2. The van der Waals surface area contributed by atoms with Crippen LogP contribution >= 0.6 is 0 Å². The molecule has 0 spiro atoms. The first kappa shape index (κ1) is 14.9. The number of phenols is 1. The lowest BCUT2D eigenvalue weighted by atomic mass is 9.94. The van der Waals surface area contributed by atoms with E-state index >= 15 is 0 Å². The molecule has 1 aromatic heterocycles. The van der Waals surface area contributed by atoms with Gasteiger partial charge in [0.25, 0.3) is 0 Å². The molecular weight excluding hydrogens is 262 g/mol. The smallest absolute Gasteiger partial charge is 0.150 e. The van der Waals surface area contributed by atoms with E-state index in [4.69, 9.17) is 0 Å². The highest BCUT2D eigenvalue weighted by Crippen LogP contribution is 2.33. The summed E-state index contributed by atoms with van der Waals surface area (Å²) < 4.78 is 0. The summed E-state index contributed by atoms with van der Waals surface area (Å²) in [4.78, 5) is 14.2. The van der Waals surface area contributed by atoms with Gasteiger partial charge in [0.15, 0.2) is 0 Å². The number of H-pyrrole nitrogens is 1. The lowest BCUT2D eigenvalue weighted by Gasteiger charge is -2.10. The number of aromatic amines is 1. The highest BCUT2D eigenvalue weighted by atomic mass is 16.3. The molecule has 21 heavy (non-hydrogen) atoms. The van der Waals surface area contributed by atoms with Gasteiger partial charge in [-0.2, -0.15) is 0 Å². The Balaban J connectivity index is 2.56. The summed E-state index contributed by atoms with van der Waals surface area (Å²) in [6.07, 6.45) is 6.06. The van der Waals surface area contributed by atoms with E-state index in [1.54, 1.807) is 18.2 Å². The molecule has 0 aliphatic heterocycles. The maximum atomic E-state index is 11.0. The number of carbonyl (C=O) groups is 1. The number of allylic oxidation sites excluding steroid dienone is 2.